The zero-order valence-corrected chi connectivity index (χ0v) is 10.1. The third kappa shape index (κ3) is 1.65. The van der Waals surface area contributed by atoms with Crippen LogP contribution in [-0.4, -0.2) is 15.5 Å². The lowest BCUT2D eigenvalue weighted by Crippen LogP contribution is -2.12. The van der Waals surface area contributed by atoms with Gasteiger partial charge < -0.3 is 5.73 Å². The Labute approximate surface area is 107 Å². The van der Waals surface area contributed by atoms with Crippen molar-refractivity contribution < 1.29 is 4.79 Å². The van der Waals surface area contributed by atoms with Gasteiger partial charge in [0.2, 0.25) is 5.91 Å². The van der Waals surface area contributed by atoms with Crippen molar-refractivity contribution in [3.8, 4) is 10.4 Å². The molecule has 4 nitrogen and oxygen atoms in total. The Morgan fingerprint density at radius 1 is 1.17 bits per heavy atom. The van der Waals surface area contributed by atoms with Crippen LogP contribution in [0.2, 0.25) is 0 Å². The van der Waals surface area contributed by atoms with Crippen LogP contribution < -0.4 is 5.73 Å². The van der Waals surface area contributed by atoms with Gasteiger partial charge in [0.05, 0.1) is 11.1 Å². The molecule has 18 heavy (non-hydrogen) atoms. The minimum absolute atomic E-state index is 0.441. The molecule has 0 fully saturated rings. The molecule has 0 radical (unpaired) electrons. The first kappa shape index (κ1) is 10.9. The third-order valence-corrected chi connectivity index (χ3v) is 3.48. The highest BCUT2D eigenvalue weighted by atomic mass is 32.1. The molecule has 1 amide bonds. The SMILES string of the molecule is NC(=O)c1ccc2ccccc2c1-c1cnns1. The maximum atomic E-state index is 11.5. The lowest BCUT2D eigenvalue weighted by atomic mass is 9.98. The first-order chi connectivity index (χ1) is 8.77. The van der Waals surface area contributed by atoms with Crippen molar-refractivity contribution in [3.63, 3.8) is 0 Å². The topological polar surface area (TPSA) is 68.9 Å². The molecule has 88 valence electrons. The normalized spacial score (nSPS) is 10.7. The van der Waals surface area contributed by atoms with Crippen molar-refractivity contribution in [2.24, 2.45) is 5.73 Å². The number of carbonyl (C=O) groups is 1. The quantitative estimate of drug-likeness (QED) is 0.764. The monoisotopic (exact) mass is 255 g/mol. The van der Waals surface area contributed by atoms with Crippen LogP contribution in [0.4, 0.5) is 0 Å². The van der Waals surface area contributed by atoms with E-state index in [1.807, 2.05) is 30.3 Å². The summed E-state index contributed by atoms with van der Waals surface area (Å²) in [6, 6.07) is 11.5. The lowest BCUT2D eigenvalue weighted by molar-refractivity contribution is 0.100. The van der Waals surface area contributed by atoms with E-state index in [0.717, 1.165) is 21.2 Å². The number of nitrogens with zero attached hydrogens (tertiary/aromatic N) is 2. The maximum Gasteiger partial charge on any atom is 0.249 e. The fourth-order valence-electron chi connectivity index (χ4n) is 2.02. The molecule has 0 spiro atoms. The third-order valence-electron chi connectivity index (χ3n) is 2.80. The van der Waals surface area contributed by atoms with Gasteiger partial charge in [0.25, 0.3) is 0 Å². The molecule has 3 aromatic rings. The van der Waals surface area contributed by atoms with E-state index in [1.54, 1.807) is 12.3 Å². The van der Waals surface area contributed by atoms with E-state index in [4.69, 9.17) is 5.73 Å². The molecule has 2 N–H and O–H groups in total. The highest BCUT2D eigenvalue weighted by Crippen LogP contribution is 2.33. The van der Waals surface area contributed by atoms with E-state index in [2.05, 4.69) is 9.59 Å². The molecule has 0 bridgehead atoms. The van der Waals surface area contributed by atoms with Gasteiger partial charge in [0, 0.05) is 11.1 Å². The van der Waals surface area contributed by atoms with E-state index < -0.39 is 5.91 Å². The van der Waals surface area contributed by atoms with Crippen molar-refractivity contribution in [1.82, 2.24) is 9.59 Å². The van der Waals surface area contributed by atoms with Crippen LogP contribution in [0, 0.1) is 0 Å². The summed E-state index contributed by atoms with van der Waals surface area (Å²) in [6.45, 7) is 0. The lowest BCUT2D eigenvalue weighted by Gasteiger charge is -2.08. The molecule has 0 atom stereocenters. The van der Waals surface area contributed by atoms with Crippen LogP contribution in [0.3, 0.4) is 0 Å². The molecular weight excluding hydrogens is 246 g/mol. The summed E-state index contributed by atoms with van der Waals surface area (Å²) in [5.41, 5.74) is 6.75. The number of hydrogen-bond donors (Lipinski definition) is 1. The Morgan fingerprint density at radius 2 is 2.00 bits per heavy atom. The average Bonchev–Trinajstić information content (AvgIpc) is 2.90. The summed E-state index contributed by atoms with van der Waals surface area (Å²) in [5.74, 6) is -0.441. The van der Waals surface area contributed by atoms with Crippen molar-refractivity contribution in [1.29, 1.82) is 0 Å². The van der Waals surface area contributed by atoms with Gasteiger partial charge in [-0.15, -0.1) is 5.10 Å². The molecule has 0 aliphatic rings. The van der Waals surface area contributed by atoms with Gasteiger partial charge in [-0.1, -0.05) is 34.8 Å². The number of primary amides is 1. The molecular formula is C13H9N3OS. The second-order valence-electron chi connectivity index (χ2n) is 3.86. The zero-order chi connectivity index (χ0) is 12.5. The fraction of sp³-hybridized carbons (Fsp3) is 0. The van der Waals surface area contributed by atoms with Gasteiger partial charge >= 0.3 is 0 Å². The summed E-state index contributed by atoms with van der Waals surface area (Å²) < 4.78 is 3.85. The zero-order valence-electron chi connectivity index (χ0n) is 9.33. The number of carbonyl (C=O) groups excluding carboxylic acids is 1. The molecule has 0 aliphatic carbocycles. The van der Waals surface area contributed by atoms with Crippen molar-refractivity contribution in [3.05, 3.63) is 48.2 Å². The molecule has 5 heteroatoms. The summed E-state index contributed by atoms with van der Waals surface area (Å²) in [7, 11) is 0. The molecule has 0 saturated carbocycles. The van der Waals surface area contributed by atoms with Gasteiger partial charge in [0.1, 0.15) is 0 Å². The summed E-state index contributed by atoms with van der Waals surface area (Å²) >= 11 is 1.25. The van der Waals surface area contributed by atoms with Gasteiger partial charge in [-0.3, -0.25) is 4.79 Å². The number of aromatic nitrogens is 2. The van der Waals surface area contributed by atoms with E-state index >= 15 is 0 Å². The van der Waals surface area contributed by atoms with Crippen molar-refractivity contribution in [2.75, 3.05) is 0 Å². The Hall–Kier alpha value is -2.27. The van der Waals surface area contributed by atoms with Gasteiger partial charge in [-0.2, -0.15) is 0 Å². The second kappa shape index (κ2) is 4.19. The van der Waals surface area contributed by atoms with Crippen LogP contribution in [0.15, 0.2) is 42.6 Å². The molecule has 1 heterocycles. The number of fused-ring (bicyclic) bond motifs is 1. The Balaban J connectivity index is 2.43. The van der Waals surface area contributed by atoms with Crippen LogP contribution in [0.25, 0.3) is 21.2 Å². The van der Waals surface area contributed by atoms with Crippen LogP contribution in [0.1, 0.15) is 10.4 Å². The first-order valence-electron chi connectivity index (χ1n) is 5.36. The van der Waals surface area contributed by atoms with Gasteiger partial charge in [-0.25, -0.2) is 0 Å². The Bertz CT molecular complexity index is 722. The minimum atomic E-state index is -0.441. The van der Waals surface area contributed by atoms with E-state index in [0.29, 0.717) is 5.56 Å². The predicted molar refractivity (Wildman–Crippen MR) is 71.4 cm³/mol. The standard InChI is InChI=1S/C13H9N3OS/c14-13(17)10-6-5-8-3-1-2-4-9(8)12(10)11-7-15-16-18-11/h1-7H,(H2,14,17). The highest BCUT2D eigenvalue weighted by molar-refractivity contribution is 7.09. The predicted octanol–water partition coefficient (Wildman–Crippen LogP) is 2.46. The molecule has 1 aromatic heterocycles. The number of nitrogens with two attached hydrogens (primary N) is 1. The van der Waals surface area contributed by atoms with Crippen LogP contribution >= 0.6 is 11.5 Å². The Kier molecular flexibility index (Phi) is 2.53. The molecule has 0 unspecified atom stereocenters. The van der Waals surface area contributed by atoms with Crippen molar-refractivity contribution >= 4 is 28.2 Å². The summed E-state index contributed by atoms with van der Waals surface area (Å²) in [6.07, 6.45) is 1.65. The fourth-order valence-corrected chi connectivity index (χ4v) is 2.61. The maximum absolute atomic E-state index is 11.5. The van der Waals surface area contributed by atoms with Gasteiger partial charge in [0.15, 0.2) is 0 Å². The highest BCUT2D eigenvalue weighted by Gasteiger charge is 2.15. The average molecular weight is 255 g/mol. The first-order valence-corrected chi connectivity index (χ1v) is 6.14. The number of benzene rings is 2. The van der Waals surface area contributed by atoms with E-state index in [9.17, 15) is 4.79 Å². The smallest absolute Gasteiger partial charge is 0.249 e. The van der Waals surface area contributed by atoms with E-state index in [1.165, 1.54) is 11.5 Å². The second-order valence-corrected chi connectivity index (χ2v) is 4.64. The molecule has 3 rings (SSSR count). The minimum Gasteiger partial charge on any atom is -0.366 e. The summed E-state index contributed by atoms with van der Waals surface area (Å²) in [4.78, 5) is 12.4. The van der Waals surface area contributed by atoms with Crippen LogP contribution in [0.5, 0.6) is 0 Å². The largest absolute Gasteiger partial charge is 0.366 e. The van der Waals surface area contributed by atoms with E-state index in [-0.39, 0.29) is 0 Å². The Morgan fingerprint density at radius 3 is 2.72 bits per heavy atom. The molecule has 2 aromatic carbocycles. The number of rotatable bonds is 2. The van der Waals surface area contributed by atoms with Gasteiger partial charge in [-0.05, 0) is 28.4 Å². The van der Waals surface area contributed by atoms with Crippen molar-refractivity contribution in [2.45, 2.75) is 0 Å². The van der Waals surface area contributed by atoms with Crippen LogP contribution in [-0.2, 0) is 0 Å². The number of hydrogen-bond acceptors (Lipinski definition) is 4. The molecule has 0 saturated heterocycles. The summed E-state index contributed by atoms with van der Waals surface area (Å²) in [5, 5.41) is 5.87. The molecule has 0 aliphatic heterocycles. The number of amides is 1.